The highest BCUT2D eigenvalue weighted by molar-refractivity contribution is 6.33. The first-order valence-electron chi connectivity index (χ1n) is 8.17. The largest absolute Gasteiger partial charge is 0.508 e. The van der Waals surface area contributed by atoms with E-state index in [4.69, 9.17) is 16.6 Å². The van der Waals surface area contributed by atoms with Crippen LogP contribution in [0.1, 0.15) is 0 Å². The molecule has 26 heavy (non-hydrogen) atoms. The number of rotatable bonds is 3. The van der Waals surface area contributed by atoms with E-state index in [-0.39, 0.29) is 5.75 Å². The van der Waals surface area contributed by atoms with E-state index in [1.165, 1.54) is 0 Å². The third kappa shape index (κ3) is 3.30. The molecule has 0 atom stereocenters. The third-order valence-corrected chi connectivity index (χ3v) is 4.44. The van der Waals surface area contributed by atoms with Crippen molar-refractivity contribution in [3.63, 3.8) is 0 Å². The van der Waals surface area contributed by atoms with Gasteiger partial charge in [-0.1, -0.05) is 41.9 Å². The maximum absolute atomic E-state index is 9.84. The Kier molecular flexibility index (Phi) is 4.38. The fraction of sp³-hybridized carbons (Fsp3) is 0. The van der Waals surface area contributed by atoms with Gasteiger partial charge < -0.3 is 5.11 Å². The Labute approximate surface area is 156 Å². The summed E-state index contributed by atoms with van der Waals surface area (Å²) in [5.74, 6) is 0.224. The Hall–Kier alpha value is -3.17. The van der Waals surface area contributed by atoms with Crippen molar-refractivity contribution in [2.24, 2.45) is 0 Å². The molecular formula is C22H15ClN2O. The Morgan fingerprint density at radius 2 is 1.54 bits per heavy atom. The molecule has 0 radical (unpaired) electrons. The highest BCUT2D eigenvalue weighted by atomic mass is 35.5. The summed E-state index contributed by atoms with van der Waals surface area (Å²) < 4.78 is 0. The summed E-state index contributed by atoms with van der Waals surface area (Å²) in [4.78, 5) is 8.99. The number of aromatic hydroxyl groups is 1. The molecule has 4 aromatic rings. The van der Waals surface area contributed by atoms with Crippen LogP contribution in [-0.2, 0) is 0 Å². The van der Waals surface area contributed by atoms with Crippen molar-refractivity contribution in [2.75, 3.05) is 0 Å². The van der Waals surface area contributed by atoms with Gasteiger partial charge in [-0.25, -0.2) is 4.98 Å². The number of pyridine rings is 2. The predicted octanol–water partition coefficient (Wildman–Crippen LogP) is 5.84. The van der Waals surface area contributed by atoms with E-state index in [0.717, 1.165) is 33.6 Å². The molecule has 0 fully saturated rings. The molecule has 0 saturated heterocycles. The molecule has 2 aromatic heterocycles. The molecule has 0 bridgehead atoms. The van der Waals surface area contributed by atoms with Crippen LogP contribution in [0.4, 0.5) is 0 Å². The summed E-state index contributed by atoms with van der Waals surface area (Å²) in [6, 6.07) is 22.6. The second-order valence-electron chi connectivity index (χ2n) is 5.90. The smallest absolute Gasteiger partial charge is 0.116 e. The lowest BCUT2D eigenvalue weighted by Crippen LogP contribution is -1.92. The van der Waals surface area contributed by atoms with Crippen LogP contribution in [0.15, 0.2) is 85.2 Å². The maximum atomic E-state index is 9.84. The number of hydrogen-bond acceptors (Lipinski definition) is 3. The van der Waals surface area contributed by atoms with Crippen LogP contribution in [0.3, 0.4) is 0 Å². The predicted molar refractivity (Wildman–Crippen MR) is 105 cm³/mol. The second kappa shape index (κ2) is 6.98. The molecule has 3 nitrogen and oxygen atoms in total. The first-order chi connectivity index (χ1) is 12.7. The zero-order valence-electron chi connectivity index (χ0n) is 13.8. The van der Waals surface area contributed by atoms with Gasteiger partial charge in [0.15, 0.2) is 0 Å². The van der Waals surface area contributed by atoms with Crippen molar-refractivity contribution in [3.05, 3.63) is 90.2 Å². The zero-order chi connectivity index (χ0) is 17.9. The van der Waals surface area contributed by atoms with Crippen molar-refractivity contribution in [1.82, 2.24) is 9.97 Å². The van der Waals surface area contributed by atoms with Crippen molar-refractivity contribution < 1.29 is 5.11 Å². The van der Waals surface area contributed by atoms with E-state index in [9.17, 15) is 5.11 Å². The van der Waals surface area contributed by atoms with Gasteiger partial charge >= 0.3 is 0 Å². The first-order valence-corrected chi connectivity index (χ1v) is 8.55. The van der Waals surface area contributed by atoms with Crippen molar-refractivity contribution in [1.29, 1.82) is 0 Å². The van der Waals surface area contributed by atoms with E-state index in [1.807, 2.05) is 60.7 Å². The Balaban J connectivity index is 1.95. The molecule has 1 N–H and O–H groups in total. The number of nitrogens with zero attached hydrogens (tertiary/aromatic N) is 2. The molecule has 4 heteroatoms. The molecule has 0 aliphatic heterocycles. The van der Waals surface area contributed by atoms with E-state index in [0.29, 0.717) is 5.02 Å². The summed E-state index contributed by atoms with van der Waals surface area (Å²) in [5.41, 5.74) is 5.21. The summed E-state index contributed by atoms with van der Waals surface area (Å²) in [6.07, 6.45) is 3.52. The molecule has 0 spiro atoms. The van der Waals surface area contributed by atoms with Gasteiger partial charge in [0, 0.05) is 28.5 Å². The topological polar surface area (TPSA) is 46.0 Å². The van der Waals surface area contributed by atoms with Crippen LogP contribution in [0.2, 0.25) is 5.02 Å². The number of halogens is 1. The van der Waals surface area contributed by atoms with Gasteiger partial charge in [-0.05, 0) is 53.6 Å². The van der Waals surface area contributed by atoms with Crippen LogP contribution in [0.25, 0.3) is 33.6 Å². The van der Waals surface area contributed by atoms with Crippen molar-refractivity contribution in [2.45, 2.75) is 0 Å². The van der Waals surface area contributed by atoms with Gasteiger partial charge in [0.1, 0.15) is 5.75 Å². The molecule has 0 unspecified atom stereocenters. The molecule has 126 valence electrons. The monoisotopic (exact) mass is 358 g/mol. The van der Waals surface area contributed by atoms with Gasteiger partial charge in [-0.2, -0.15) is 0 Å². The number of phenols is 1. The maximum Gasteiger partial charge on any atom is 0.116 e. The van der Waals surface area contributed by atoms with Gasteiger partial charge in [-0.15, -0.1) is 0 Å². The minimum absolute atomic E-state index is 0.224. The number of hydrogen-bond donors (Lipinski definition) is 1. The Morgan fingerprint density at radius 3 is 2.31 bits per heavy atom. The lowest BCUT2D eigenvalue weighted by molar-refractivity contribution is 0.475. The highest BCUT2D eigenvalue weighted by Gasteiger charge is 2.11. The van der Waals surface area contributed by atoms with E-state index in [2.05, 4.69) is 4.98 Å². The minimum atomic E-state index is 0.224. The molecule has 2 aromatic carbocycles. The van der Waals surface area contributed by atoms with Crippen molar-refractivity contribution in [3.8, 4) is 39.4 Å². The lowest BCUT2D eigenvalue weighted by atomic mass is 10.0. The quantitative estimate of drug-likeness (QED) is 0.500. The van der Waals surface area contributed by atoms with E-state index < -0.39 is 0 Å². The molecule has 4 rings (SSSR count). The van der Waals surface area contributed by atoms with Gasteiger partial charge in [0.2, 0.25) is 0 Å². The van der Waals surface area contributed by atoms with Crippen LogP contribution >= 0.6 is 11.6 Å². The second-order valence-corrected chi connectivity index (χ2v) is 6.31. The number of aromatic nitrogens is 2. The molecule has 0 aliphatic carbocycles. The van der Waals surface area contributed by atoms with Gasteiger partial charge in [0.05, 0.1) is 11.4 Å². The SMILES string of the molecule is Oc1cccc(-c2cc(-c3cccnc3)nc(-c3ccccc3Cl)c2)c1. The summed E-state index contributed by atoms with van der Waals surface area (Å²) in [6.45, 7) is 0. The molecule has 2 heterocycles. The highest BCUT2D eigenvalue weighted by Crippen LogP contribution is 2.33. The zero-order valence-corrected chi connectivity index (χ0v) is 14.6. The standard InChI is InChI=1S/C22H15ClN2O/c23-20-9-2-1-8-19(20)22-13-17(15-5-3-7-18(26)11-15)12-21(25-22)16-6-4-10-24-14-16/h1-14,26H. The molecule has 0 amide bonds. The van der Waals surface area contributed by atoms with Crippen LogP contribution in [0, 0.1) is 0 Å². The molecular weight excluding hydrogens is 344 g/mol. The van der Waals surface area contributed by atoms with E-state index >= 15 is 0 Å². The number of phenolic OH excluding ortho intramolecular Hbond substituents is 1. The number of benzene rings is 2. The minimum Gasteiger partial charge on any atom is -0.508 e. The summed E-state index contributed by atoms with van der Waals surface area (Å²) in [5, 5.41) is 10.5. The van der Waals surface area contributed by atoms with E-state index in [1.54, 1.807) is 24.5 Å². The van der Waals surface area contributed by atoms with Crippen LogP contribution < -0.4 is 0 Å². The van der Waals surface area contributed by atoms with Gasteiger partial charge in [0.25, 0.3) is 0 Å². The fourth-order valence-corrected chi connectivity index (χ4v) is 3.08. The molecule has 0 aliphatic rings. The Bertz CT molecular complexity index is 1060. The average molecular weight is 359 g/mol. The fourth-order valence-electron chi connectivity index (χ4n) is 2.85. The average Bonchev–Trinajstić information content (AvgIpc) is 2.69. The molecule has 0 saturated carbocycles. The summed E-state index contributed by atoms with van der Waals surface area (Å²) >= 11 is 6.39. The normalized spacial score (nSPS) is 10.7. The van der Waals surface area contributed by atoms with Crippen LogP contribution in [0.5, 0.6) is 5.75 Å². The Morgan fingerprint density at radius 1 is 0.731 bits per heavy atom. The van der Waals surface area contributed by atoms with Gasteiger partial charge in [-0.3, -0.25) is 4.98 Å². The van der Waals surface area contributed by atoms with Crippen molar-refractivity contribution >= 4 is 11.6 Å². The third-order valence-electron chi connectivity index (χ3n) is 4.11. The lowest BCUT2D eigenvalue weighted by Gasteiger charge is -2.11. The van der Waals surface area contributed by atoms with Crippen LogP contribution in [-0.4, -0.2) is 15.1 Å². The summed E-state index contributed by atoms with van der Waals surface area (Å²) in [7, 11) is 0. The first kappa shape index (κ1) is 16.3.